The number of hydrogen-bond donors (Lipinski definition) is 1. The van der Waals surface area contributed by atoms with Crippen molar-refractivity contribution in [1.82, 2.24) is 14.9 Å². The lowest BCUT2D eigenvalue weighted by atomic mass is 9.97. The molecule has 5 nitrogen and oxygen atoms in total. The number of aromatic amines is 1. The van der Waals surface area contributed by atoms with E-state index < -0.39 is 0 Å². The third kappa shape index (κ3) is 4.80. The monoisotopic (exact) mass is 495 g/mol. The van der Waals surface area contributed by atoms with Crippen molar-refractivity contribution in [2.24, 2.45) is 0 Å². The van der Waals surface area contributed by atoms with E-state index in [1.165, 1.54) is 28.6 Å². The van der Waals surface area contributed by atoms with Gasteiger partial charge in [-0.25, -0.2) is 4.98 Å². The Morgan fingerprint density at radius 2 is 2.10 bits per heavy atom. The van der Waals surface area contributed by atoms with Gasteiger partial charge in [0.2, 0.25) is 5.91 Å². The van der Waals surface area contributed by atoms with Crippen LogP contribution in [-0.4, -0.2) is 33.6 Å². The van der Waals surface area contributed by atoms with Gasteiger partial charge in [-0.15, -0.1) is 23.1 Å². The first-order valence-electron chi connectivity index (χ1n) is 10.2. The first-order valence-corrected chi connectivity index (χ1v) is 12.9. The van der Waals surface area contributed by atoms with Gasteiger partial charge in [0.05, 0.1) is 22.9 Å². The van der Waals surface area contributed by atoms with Crippen LogP contribution in [0.1, 0.15) is 47.6 Å². The average molecular weight is 496 g/mol. The van der Waals surface area contributed by atoms with Gasteiger partial charge in [0.25, 0.3) is 5.56 Å². The number of carbonyl (C=O) groups is 1. The molecule has 0 fully saturated rings. The number of hydrogen-bond acceptors (Lipinski definition) is 5. The number of benzene rings is 1. The molecule has 1 N–H and O–H groups in total. The molecule has 1 unspecified atom stereocenters. The summed E-state index contributed by atoms with van der Waals surface area (Å²) in [4.78, 5) is 36.7. The standard InChI is InChI=1S/C22H23Cl2N3O2S2/c1-12(14-8-7-13(23)9-16(14)24)27(2)19(28)11-30-10-18-25-21(29)20-15-5-3-4-6-17(15)31-22(20)26-18/h7-9,12H,3-6,10-11H2,1-2H3,(H,25,26,29). The molecule has 2 heterocycles. The minimum Gasteiger partial charge on any atom is -0.338 e. The highest BCUT2D eigenvalue weighted by Crippen LogP contribution is 2.34. The molecule has 31 heavy (non-hydrogen) atoms. The number of amides is 1. The number of fused-ring (bicyclic) bond motifs is 3. The Morgan fingerprint density at radius 1 is 1.32 bits per heavy atom. The molecule has 1 amide bonds. The largest absolute Gasteiger partial charge is 0.338 e. The van der Waals surface area contributed by atoms with E-state index in [9.17, 15) is 9.59 Å². The molecule has 4 rings (SSSR count). The Bertz CT molecular complexity index is 1190. The molecule has 1 aliphatic rings. The average Bonchev–Trinajstić information content (AvgIpc) is 3.11. The maximum atomic E-state index is 12.7. The third-order valence-corrected chi connectivity index (χ3v) is 8.40. The Hall–Kier alpha value is -1.54. The highest BCUT2D eigenvalue weighted by molar-refractivity contribution is 7.99. The minimum atomic E-state index is -0.176. The van der Waals surface area contributed by atoms with Crippen molar-refractivity contribution in [2.45, 2.75) is 44.4 Å². The fraction of sp³-hybridized carbons (Fsp3) is 0.409. The number of nitrogens with one attached hydrogen (secondary N) is 1. The lowest BCUT2D eigenvalue weighted by Crippen LogP contribution is -2.31. The minimum absolute atomic E-state index is 0.0153. The predicted molar refractivity (Wildman–Crippen MR) is 131 cm³/mol. The number of H-pyrrole nitrogens is 1. The smallest absolute Gasteiger partial charge is 0.259 e. The topological polar surface area (TPSA) is 66.1 Å². The molecule has 1 aliphatic carbocycles. The number of thiophene rings is 1. The molecular weight excluding hydrogens is 473 g/mol. The summed E-state index contributed by atoms with van der Waals surface area (Å²) in [5.74, 6) is 1.36. The summed E-state index contributed by atoms with van der Waals surface area (Å²) in [7, 11) is 1.76. The summed E-state index contributed by atoms with van der Waals surface area (Å²) >= 11 is 15.3. The Morgan fingerprint density at radius 3 is 2.87 bits per heavy atom. The molecule has 0 radical (unpaired) electrons. The van der Waals surface area contributed by atoms with Crippen LogP contribution in [0.2, 0.25) is 10.0 Å². The van der Waals surface area contributed by atoms with Crippen molar-refractivity contribution in [3.63, 3.8) is 0 Å². The van der Waals surface area contributed by atoms with E-state index in [-0.39, 0.29) is 23.3 Å². The zero-order valence-corrected chi connectivity index (χ0v) is 20.5. The van der Waals surface area contributed by atoms with Crippen molar-refractivity contribution in [3.05, 3.63) is 60.4 Å². The number of rotatable bonds is 6. The van der Waals surface area contributed by atoms with Crippen LogP contribution in [0.4, 0.5) is 0 Å². The van der Waals surface area contributed by atoms with Crippen molar-refractivity contribution >= 4 is 62.4 Å². The first kappa shape index (κ1) is 22.6. The van der Waals surface area contributed by atoms with Gasteiger partial charge in [0.1, 0.15) is 10.7 Å². The predicted octanol–water partition coefficient (Wildman–Crippen LogP) is 5.62. The van der Waals surface area contributed by atoms with Crippen LogP contribution in [-0.2, 0) is 23.4 Å². The maximum absolute atomic E-state index is 12.7. The van der Waals surface area contributed by atoms with Crippen LogP contribution in [0, 0.1) is 0 Å². The number of halogens is 2. The van der Waals surface area contributed by atoms with E-state index >= 15 is 0 Å². The van der Waals surface area contributed by atoms with Crippen molar-refractivity contribution < 1.29 is 4.79 Å². The van der Waals surface area contributed by atoms with E-state index in [0.29, 0.717) is 21.6 Å². The molecule has 0 aliphatic heterocycles. The summed E-state index contributed by atoms with van der Waals surface area (Å²) < 4.78 is 0. The fourth-order valence-electron chi connectivity index (χ4n) is 3.88. The second-order valence-corrected chi connectivity index (χ2v) is 10.7. The van der Waals surface area contributed by atoms with Gasteiger partial charge in [-0.05, 0) is 55.9 Å². The number of aryl methyl sites for hydroxylation is 2. The quantitative estimate of drug-likeness (QED) is 0.481. The van der Waals surface area contributed by atoms with E-state index in [4.69, 9.17) is 23.2 Å². The van der Waals surface area contributed by atoms with Gasteiger partial charge >= 0.3 is 0 Å². The highest BCUT2D eigenvalue weighted by atomic mass is 35.5. The van der Waals surface area contributed by atoms with Crippen LogP contribution in [0.15, 0.2) is 23.0 Å². The lowest BCUT2D eigenvalue weighted by molar-refractivity contribution is -0.128. The molecule has 0 spiro atoms. The normalized spacial score (nSPS) is 14.5. The van der Waals surface area contributed by atoms with Gasteiger partial charge in [-0.1, -0.05) is 29.3 Å². The van der Waals surface area contributed by atoms with Crippen LogP contribution < -0.4 is 5.56 Å². The summed E-state index contributed by atoms with van der Waals surface area (Å²) in [5, 5.41) is 1.87. The van der Waals surface area contributed by atoms with Crippen LogP contribution in [0.5, 0.6) is 0 Å². The second kappa shape index (κ2) is 9.53. The van der Waals surface area contributed by atoms with Gasteiger partial charge in [-0.2, -0.15) is 0 Å². The Balaban J connectivity index is 1.40. The summed E-state index contributed by atoms with van der Waals surface area (Å²) in [6, 6.07) is 5.12. The SMILES string of the molecule is CC(c1ccc(Cl)cc1Cl)N(C)C(=O)CSCc1nc2sc3c(c2c(=O)[nH]1)CCCC3. The number of aromatic nitrogens is 2. The Kier molecular flexibility index (Phi) is 6.96. The molecule has 0 saturated carbocycles. The van der Waals surface area contributed by atoms with Crippen molar-refractivity contribution in [2.75, 3.05) is 12.8 Å². The number of thioether (sulfide) groups is 1. The van der Waals surface area contributed by atoms with Crippen molar-refractivity contribution in [1.29, 1.82) is 0 Å². The van der Waals surface area contributed by atoms with Gasteiger partial charge in [-0.3, -0.25) is 9.59 Å². The summed E-state index contributed by atoms with van der Waals surface area (Å²) in [5.41, 5.74) is 1.98. The van der Waals surface area contributed by atoms with Crippen LogP contribution >= 0.6 is 46.3 Å². The third-order valence-electron chi connectivity index (χ3n) is 5.73. The number of carbonyl (C=O) groups excluding carboxylic acids is 1. The van der Waals surface area contributed by atoms with E-state index in [1.54, 1.807) is 35.4 Å². The maximum Gasteiger partial charge on any atom is 0.259 e. The van der Waals surface area contributed by atoms with Crippen molar-refractivity contribution in [3.8, 4) is 0 Å². The van der Waals surface area contributed by atoms with Gasteiger partial charge < -0.3 is 9.88 Å². The lowest BCUT2D eigenvalue weighted by Gasteiger charge is -2.26. The van der Waals surface area contributed by atoms with Gasteiger partial charge in [0.15, 0.2) is 0 Å². The molecule has 0 saturated heterocycles. The van der Waals surface area contributed by atoms with E-state index in [2.05, 4.69) is 9.97 Å². The molecule has 164 valence electrons. The second-order valence-electron chi connectivity index (χ2n) is 7.74. The molecule has 3 aromatic rings. The summed E-state index contributed by atoms with van der Waals surface area (Å²) in [6.45, 7) is 1.93. The number of nitrogens with zero attached hydrogens (tertiary/aromatic N) is 2. The summed E-state index contributed by atoms with van der Waals surface area (Å²) in [6.07, 6.45) is 4.31. The first-order chi connectivity index (χ1) is 14.8. The van der Waals surface area contributed by atoms with Gasteiger partial charge in [0, 0.05) is 22.0 Å². The zero-order chi connectivity index (χ0) is 22.1. The molecule has 0 bridgehead atoms. The zero-order valence-electron chi connectivity index (χ0n) is 17.3. The van der Waals surface area contributed by atoms with E-state index in [0.717, 1.165) is 35.0 Å². The molecule has 1 aromatic carbocycles. The molecular formula is C22H23Cl2N3O2S2. The van der Waals surface area contributed by atoms with Crippen LogP contribution in [0.25, 0.3) is 10.2 Å². The molecule has 2 aromatic heterocycles. The highest BCUT2D eigenvalue weighted by Gasteiger charge is 2.21. The molecule has 9 heteroatoms. The van der Waals surface area contributed by atoms with E-state index in [1.807, 2.05) is 13.0 Å². The molecule has 1 atom stereocenters. The Labute approximate surface area is 199 Å². The van der Waals surface area contributed by atoms with Crippen LogP contribution in [0.3, 0.4) is 0 Å². The fourth-order valence-corrected chi connectivity index (χ4v) is 6.54.